The molecule has 0 spiro atoms. The second-order valence-electron chi connectivity index (χ2n) is 6.20. The zero-order chi connectivity index (χ0) is 13.9. The first-order valence-corrected chi connectivity index (χ1v) is 6.06. The van der Waals surface area contributed by atoms with E-state index in [1.165, 1.54) is 4.90 Å². The van der Waals surface area contributed by atoms with E-state index in [4.69, 9.17) is 5.11 Å². The highest BCUT2D eigenvalue weighted by Gasteiger charge is 2.31. The number of amides is 1. The number of nitrogens with zero attached hydrogens (tertiary/aromatic N) is 1. The monoisotopic (exact) mass is 243 g/mol. The molecule has 0 rings (SSSR count). The minimum atomic E-state index is -1.38. The molecule has 17 heavy (non-hydrogen) atoms. The third kappa shape index (κ3) is 5.20. The fourth-order valence-corrected chi connectivity index (χ4v) is 1.45. The molecular weight excluding hydrogens is 218 g/mol. The molecule has 4 heteroatoms. The van der Waals surface area contributed by atoms with E-state index in [1.54, 1.807) is 0 Å². The lowest BCUT2D eigenvalue weighted by molar-refractivity contribution is -0.159. The zero-order valence-electron chi connectivity index (χ0n) is 11.8. The zero-order valence-corrected chi connectivity index (χ0v) is 11.8. The van der Waals surface area contributed by atoms with Crippen molar-refractivity contribution < 1.29 is 14.7 Å². The molecular formula is C13H25NO3. The quantitative estimate of drug-likeness (QED) is 0.772. The Balaban J connectivity index is 4.76. The van der Waals surface area contributed by atoms with E-state index in [0.29, 0.717) is 6.54 Å². The molecule has 0 aromatic rings. The van der Waals surface area contributed by atoms with Crippen LogP contribution < -0.4 is 0 Å². The summed E-state index contributed by atoms with van der Waals surface area (Å²) >= 11 is 0. The van der Waals surface area contributed by atoms with Crippen LogP contribution in [0.15, 0.2) is 0 Å². The van der Waals surface area contributed by atoms with Crippen LogP contribution in [0.4, 0.5) is 0 Å². The van der Waals surface area contributed by atoms with E-state index < -0.39 is 17.4 Å². The maximum atomic E-state index is 11.6. The summed E-state index contributed by atoms with van der Waals surface area (Å²) in [5, 5.41) is 8.81. The minimum Gasteiger partial charge on any atom is -0.474 e. The van der Waals surface area contributed by atoms with Crippen molar-refractivity contribution in [2.45, 2.75) is 59.9 Å². The first-order valence-electron chi connectivity index (χ1n) is 6.06. The van der Waals surface area contributed by atoms with Crippen LogP contribution in [0.1, 0.15) is 54.4 Å². The third-order valence-corrected chi connectivity index (χ3v) is 3.21. The Morgan fingerprint density at radius 2 is 1.59 bits per heavy atom. The summed E-state index contributed by atoms with van der Waals surface area (Å²) in [6.07, 6.45) is 1.81. The highest BCUT2D eigenvalue weighted by Crippen LogP contribution is 2.26. The number of hydrogen-bond acceptors (Lipinski definition) is 2. The molecule has 0 aromatic carbocycles. The van der Waals surface area contributed by atoms with Crippen LogP contribution in [0, 0.1) is 5.41 Å². The van der Waals surface area contributed by atoms with Gasteiger partial charge in [-0.3, -0.25) is 4.79 Å². The van der Waals surface area contributed by atoms with Crippen LogP contribution in [0.25, 0.3) is 0 Å². The Hall–Kier alpha value is -1.06. The molecule has 0 unspecified atom stereocenters. The van der Waals surface area contributed by atoms with Crippen LogP contribution >= 0.6 is 0 Å². The Bertz CT molecular complexity index is 290. The van der Waals surface area contributed by atoms with Crippen molar-refractivity contribution in [2.24, 2.45) is 5.41 Å². The molecule has 0 saturated heterocycles. The van der Waals surface area contributed by atoms with E-state index in [0.717, 1.165) is 12.8 Å². The Kier molecular flexibility index (Phi) is 5.17. The number of carboxylic acid groups (broad SMARTS) is 1. The van der Waals surface area contributed by atoms with Crippen molar-refractivity contribution >= 4 is 11.9 Å². The summed E-state index contributed by atoms with van der Waals surface area (Å²) in [6, 6.07) is 0. The average molecular weight is 243 g/mol. The van der Waals surface area contributed by atoms with Gasteiger partial charge in [0.15, 0.2) is 0 Å². The van der Waals surface area contributed by atoms with Gasteiger partial charge in [-0.2, -0.15) is 0 Å². The van der Waals surface area contributed by atoms with E-state index >= 15 is 0 Å². The molecule has 0 fully saturated rings. The van der Waals surface area contributed by atoms with Gasteiger partial charge in [0.2, 0.25) is 0 Å². The molecule has 100 valence electrons. The van der Waals surface area contributed by atoms with Crippen molar-refractivity contribution in [3.8, 4) is 0 Å². The number of hydrogen-bond donors (Lipinski definition) is 1. The lowest BCUT2D eigenvalue weighted by Crippen LogP contribution is -2.49. The summed E-state index contributed by atoms with van der Waals surface area (Å²) < 4.78 is 0. The van der Waals surface area contributed by atoms with Crippen molar-refractivity contribution in [1.29, 1.82) is 0 Å². The van der Waals surface area contributed by atoms with E-state index in [2.05, 4.69) is 20.8 Å². The van der Waals surface area contributed by atoms with Crippen molar-refractivity contribution in [1.82, 2.24) is 4.90 Å². The smallest absolute Gasteiger partial charge is 0.394 e. The molecule has 0 aliphatic carbocycles. The van der Waals surface area contributed by atoms with Crippen molar-refractivity contribution in [3.63, 3.8) is 0 Å². The number of aliphatic carboxylic acids is 1. The number of carbonyl (C=O) groups is 2. The van der Waals surface area contributed by atoms with Crippen LogP contribution in [0.5, 0.6) is 0 Å². The molecule has 1 amide bonds. The van der Waals surface area contributed by atoms with Crippen LogP contribution in [-0.2, 0) is 9.59 Å². The number of carbonyl (C=O) groups excluding carboxylic acids is 1. The number of rotatable bonds is 4. The summed E-state index contributed by atoms with van der Waals surface area (Å²) in [5.74, 6) is -2.20. The van der Waals surface area contributed by atoms with Gasteiger partial charge in [0.1, 0.15) is 0 Å². The fourth-order valence-electron chi connectivity index (χ4n) is 1.45. The highest BCUT2D eigenvalue weighted by atomic mass is 16.4. The summed E-state index contributed by atoms with van der Waals surface area (Å²) in [5.41, 5.74) is -0.332. The summed E-state index contributed by atoms with van der Waals surface area (Å²) in [6.45, 7) is 12.4. The lowest BCUT2D eigenvalue weighted by atomic mass is 9.86. The summed E-state index contributed by atoms with van der Waals surface area (Å²) in [4.78, 5) is 23.8. The molecule has 0 radical (unpaired) electrons. The van der Waals surface area contributed by atoms with E-state index in [9.17, 15) is 9.59 Å². The largest absolute Gasteiger partial charge is 0.474 e. The predicted octanol–water partition coefficient (Wildman–Crippen LogP) is 2.52. The van der Waals surface area contributed by atoms with Crippen molar-refractivity contribution in [2.75, 3.05) is 6.54 Å². The molecule has 4 nitrogen and oxygen atoms in total. The van der Waals surface area contributed by atoms with Gasteiger partial charge in [-0.15, -0.1) is 0 Å². The molecule has 0 saturated carbocycles. The van der Waals surface area contributed by atoms with Gasteiger partial charge in [0.05, 0.1) is 0 Å². The molecule has 0 heterocycles. The Labute approximate surface area is 104 Å². The Morgan fingerprint density at radius 3 is 1.88 bits per heavy atom. The van der Waals surface area contributed by atoms with Gasteiger partial charge in [0, 0.05) is 12.1 Å². The topological polar surface area (TPSA) is 57.6 Å². The van der Waals surface area contributed by atoms with Gasteiger partial charge >= 0.3 is 11.9 Å². The molecule has 0 aliphatic heterocycles. The predicted molar refractivity (Wildman–Crippen MR) is 67.8 cm³/mol. The fraction of sp³-hybridized carbons (Fsp3) is 0.846. The molecule has 0 bridgehead atoms. The van der Waals surface area contributed by atoms with Gasteiger partial charge < -0.3 is 10.0 Å². The lowest BCUT2D eigenvalue weighted by Gasteiger charge is -2.36. The molecule has 0 atom stereocenters. The normalized spacial score (nSPS) is 12.4. The van der Waals surface area contributed by atoms with E-state index in [1.807, 2.05) is 20.8 Å². The highest BCUT2D eigenvalue weighted by molar-refractivity contribution is 6.31. The van der Waals surface area contributed by atoms with Crippen LogP contribution in [-0.4, -0.2) is 34.0 Å². The second-order valence-corrected chi connectivity index (χ2v) is 6.20. The maximum absolute atomic E-state index is 11.6. The summed E-state index contributed by atoms with van der Waals surface area (Å²) in [7, 11) is 0. The average Bonchev–Trinajstić information content (AvgIpc) is 2.15. The third-order valence-electron chi connectivity index (χ3n) is 3.21. The number of carboxylic acids is 1. The van der Waals surface area contributed by atoms with Crippen LogP contribution in [0.2, 0.25) is 0 Å². The SMILES string of the molecule is CCC(C)(C)CCN(C(=O)C(=O)O)C(C)(C)C. The first kappa shape index (κ1) is 15.9. The molecule has 0 aromatic heterocycles. The standard InChI is InChI=1S/C13H25NO3/c1-7-13(5,6)8-9-14(12(2,3)4)10(15)11(16)17/h7-9H2,1-6H3,(H,16,17). The Morgan fingerprint density at radius 1 is 1.12 bits per heavy atom. The van der Waals surface area contributed by atoms with Crippen LogP contribution in [0.3, 0.4) is 0 Å². The van der Waals surface area contributed by atoms with Crippen molar-refractivity contribution in [3.05, 3.63) is 0 Å². The molecule has 1 N–H and O–H groups in total. The van der Waals surface area contributed by atoms with Gasteiger partial charge in [-0.1, -0.05) is 27.2 Å². The minimum absolute atomic E-state index is 0.127. The first-order chi connectivity index (χ1) is 7.51. The van der Waals surface area contributed by atoms with Gasteiger partial charge in [-0.05, 0) is 32.6 Å². The van der Waals surface area contributed by atoms with Gasteiger partial charge in [0.25, 0.3) is 0 Å². The molecule has 0 aliphatic rings. The maximum Gasteiger partial charge on any atom is 0.394 e. The second kappa shape index (κ2) is 5.52. The van der Waals surface area contributed by atoms with E-state index in [-0.39, 0.29) is 5.41 Å². The van der Waals surface area contributed by atoms with Gasteiger partial charge in [-0.25, -0.2) is 4.79 Å².